The summed E-state index contributed by atoms with van der Waals surface area (Å²) in [6, 6.07) is 16.8. The summed E-state index contributed by atoms with van der Waals surface area (Å²) in [5.74, 6) is 0.297. The number of hydrogen-bond donors (Lipinski definition) is 3. The minimum absolute atomic E-state index is 0.0112. The molecule has 0 saturated heterocycles. The van der Waals surface area contributed by atoms with E-state index in [9.17, 15) is 20.2 Å². The number of phenolic OH excluding ortho intramolecular Hbond substituents is 3. The topological polar surface area (TPSA) is 90.1 Å². The summed E-state index contributed by atoms with van der Waals surface area (Å²) in [5, 5.41) is 33.2. The Morgan fingerprint density at radius 3 is 1.55 bits per heavy atom. The molecular formula is C24H25NO4. The standard InChI is InChI=1S/C24H25NO4/c1-23(2,15-5-9-17(26)10-6-15)19-13-14-20(28)21(22(19)25-29)24(3,4)16-7-11-18(27)12-8-16/h5-14,26-28H,1-4H3. The van der Waals surface area contributed by atoms with Crippen LogP contribution in [0.4, 0.5) is 5.69 Å². The van der Waals surface area contributed by atoms with Crippen molar-refractivity contribution < 1.29 is 15.3 Å². The molecule has 3 rings (SSSR count). The van der Waals surface area contributed by atoms with Crippen molar-refractivity contribution in [2.45, 2.75) is 38.5 Å². The zero-order valence-corrected chi connectivity index (χ0v) is 17.0. The van der Waals surface area contributed by atoms with Crippen molar-refractivity contribution in [2.75, 3.05) is 0 Å². The number of aromatic hydroxyl groups is 3. The zero-order chi connectivity index (χ0) is 21.4. The summed E-state index contributed by atoms with van der Waals surface area (Å²) in [6.45, 7) is 7.75. The lowest BCUT2D eigenvalue weighted by atomic mass is 9.71. The van der Waals surface area contributed by atoms with Crippen LogP contribution in [0.5, 0.6) is 17.2 Å². The molecule has 0 fully saturated rings. The largest absolute Gasteiger partial charge is 0.508 e. The van der Waals surface area contributed by atoms with E-state index in [4.69, 9.17) is 0 Å². The van der Waals surface area contributed by atoms with Gasteiger partial charge in [0.05, 0.1) is 0 Å². The second kappa shape index (κ2) is 7.24. The Morgan fingerprint density at radius 2 is 1.10 bits per heavy atom. The number of benzene rings is 3. The fraction of sp³-hybridized carbons (Fsp3) is 0.250. The molecule has 0 aliphatic rings. The molecule has 0 radical (unpaired) electrons. The fourth-order valence-corrected chi connectivity index (χ4v) is 3.85. The smallest absolute Gasteiger partial charge is 0.121 e. The molecular weight excluding hydrogens is 366 g/mol. The van der Waals surface area contributed by atoms with Gasteiger partial charge < -0.3 is 15.3 Å². The Hall–Kier alpha value is -3.34. The van der Waals surface area contributed by atoms with E-state index in [1.165, 1.54) is 0 Å². The average Bonchev–Trinajstić information content (AvgIpc) is 2.67. The van der Waals surface area contributed by atoms with Crippen LogP contribution in [0, 0.1) is 4.91 Å². The summed E-state index contributed by atoms with van der Waals surface area (Å²) in [7, 11) is 0. The van der Waals surface area contributed by atoms with Crippen molar-refractivity contribution in [2.24, 2.45) is 5.18 Å². The summed E-state index contributed by atoms with van der Waals surface area (Å²) >= 11 is 0. The highest BCUT2D eigenvalue weighted by atomic mass is 16.3. The minimum atomic E-state index is -0.734. The van der Waals surface area contributed by atoms with E-state index in [0.717, 1.165) is 11.1 Å². The number of nitroso groups, excluding NO2 is 1. The van der Waals surface area contributed by atoms with E-state index in [1.54, 1.807) is 48.5 Å². The van der Waals surface area contributed by atoms with Gasteiger partial charge in [-0.3, -0.25) is 0 Å². The molecule has 0 bridgehead atoms. The van der Waals surface area contributed by atoms with Crippen LogP contribution in [0.2, 0.25) is 0 Å². The van der Waals surface area contributed by atoms with Crippen LogP contribution in [0.25, 0.3) is 0 Å². The molecule has 0 saturated carbocycles. The first kappa shape index (κ1) is 20.4. The maximum atomic E-state index is 12.0. The van der Waals surface area contributed by atoms with Crippen LogP contribution < -0.4 is 0 Å². The molecule has 3 aromatic carbocycles. The van der Waals surface area contributed by atoms with Gasteiger partial charge in [-0.25, -0.2) is 0 Å². The Labute approximate surface area is 170 Å². The van der Waals surface area contributed by atoms with Crippen molar-refractivity contribution in [3.63, 3.8) is 0 Å². The third-order valence-electron chi connectivity index (χ3n) is 5.72. The van der Waals surface area contributed by atoms with Gasteiger partial charge in [0.25, 0.3) is 0 Å². The van der Waals surface area contributed by atoms with E-state index in [0.29, 0.717) is 11.1 Å². The molecule has 0 atom stereocenters. The van der Waals surface area contributed by atoms with Crippen molar-refractivity contribution in [1.29, 1.82) is 0 Å². The summed E-state index contributed by atoms with van der Waals surface area (Å²) in [5.41, 5.74) is 1.71. The van der Waals surface area contributed by atoms with Gasteiger partial charge in [-0.15, -0.1) is 4.91 Å². The summed E-state index contributed by atoms with van der Waals surface area (Å²) < 4.78 is 0. The predicted octanol–water partition coefficient (Wildman–Crippen LogP) is 5.85. The molecule has 0 unspecified atom stereocenters. The van der Waals surface area contributed by atoms with Gasteiger partial charge in [0, 0.05) is 16.4 Å². The predicted molar refractivity (Wildman–Crippen MR) is 114 cm³/mol. The monoisotopic (exact) mass is 391 g/mol. The van der Waals surface area contributed by atoms with Crippen LogP contribution in [-0.2, 0) is 10.8 Å². The van der Waals surface area contributed by atoms with Gasteiger partial charge in [0.2, 0.25) is 0 Å². The molecule has 29 heavy (non-hydrogen) atoms. The quantitative estimate of drug-likeness (QED) is 0.476. The van der Waals surface area contributed by atoms with Crippen LogP contribution in [0.1, 0.15) is 49.9 Å². The molecule has 0 spiro atoms. The molecule has 150 valence electrons. The van der Waals surface area contributed by atoms with Gasteiger partial charge >= 0.3 is 0 Å². The highest BCUT2D eigenvalue weighted by Crippen LogP contribution is 2.48. The van der Waals surface area contributed by atoms with E-state index in [-0.39, 0.29) is 22.9 Å². The third kappa shape index (κ3) is 3.56. The fourth-order valence-electron chi connectivity index (χ4n) is 3.85. The second-order valence-corrected chi connectivity index (χ2v) is 8.29. The highest BCUT2D eigenvalue weighted by Gasteiger charge is 2.35. The Bertz CT molecular complexity index is 1040. The highest BCUT2D eigenvalue weighted by molar-refractivity contribution is 5.67. The Kier molecular flexibility index (Phi) is 5.09. The van der Waals surface area contributed by atoms with Crippen LogP contribution >= 0.6 is 0 Å². The lowest BCUT2D eigenvalue weighted by Gasteiger charge is -2.32. The minimum Gasteiger partial charge on any atom is -0.508 e. The van der Waals surface area contributed by atoms with Gasteiger partial charge in [-0.1, -0.05) is 58.0 Å². The van der Waals surface area contributed by atoms with Crippen molar-refractivity contribution in [3.8, 4) is 17.2 Å². The number of rotatable bonds is 5. The molecule has 5 heteroatoms. The van der Waals surface area contributed by atoms with Crippen LogP contribution in [0.15, 0.2) is 65.8 Å². The summed E-state index contributed by atoms with van der Waals surface area (Å²) in [6.07, 6.45) is 0. The number of hydrogen-bond acceptors (Lipinski definition) is 5. The van der Waals surface area contributed by atoms with Gasteiger partial charge in [0.1, 0.15) is 22.9 Å². The van der Waals surface area contributed by atoms with Crippen LogP contribution in [0.3, 0.4) is 0 Å². The van der Waals surface area contributed by atoms with Gasteiger partial charge in [-0.2, -0.15) is 0 Å². The molecule has 3 aromatic rings. The molecule has 0 aliphatic carbocycles. The van der Waals surface area contributed by atoms with Gasteiger partial charge in [-0.05, 0) is 52.2 Å². The van der Waals surface area contributed by atoms with E-state index in [2.05, 4.69) is 5.18 Å². The first-order chi connectivity index (χ1) is 13.6. The zero-order valence-electron chi connectivity index (χ0n) is 17.0. The van der Waals surface area contributed by atoms with Crippen molar-refractivity contribution in [3.05, 3.63) is 87.8 Å². The molecule has 0 aromatic heterocycles. The summed E-state index contributed by atoms with van der Waals surface area (Å²) in [4.78, 5) is 12.0. The third-order valence-corrected chi connectivity index (χ3v) is 5.72. The SMILES string of the molecule is CC(C)(c1ccc(O)cc1)c1ccc(O)c(C(C)(C)c2ccc(O)cc2)c1N=O. The number of nitrogens with zero attached hydrogens (tertiary/aromatic N) is 1. The first-order valence-electron chi connectivity index (χ1n) is 9.38. The van der Waals surface area contributed by atoms with E-state index >= 15 is 0 Å². The lowest BCUT2D eigenvalue weighted by Crippen LogP contribution is -2.23. The Morgan fingerprint density at radius 1 is 0.655 bits per heavy atom. The van der Waals surface area contributed by atoms with Crippen molar-refractivity contribution in [1.82, 2.24) is 0 Å². The van der Waals surface area contributed by atoms with E-state index in [1.807, 2.05) is 39.8 Å². The maximum absolute atomic E-state index is 12.0. The number of phenols is 3. The van der Waals surface area contributed by atoms with Gasteiger partial charge in [0.15, 0.2) is 0 Å². The first-order valence-corrected chi connectivity index (χ1v) is 9.38. The normalized spacial score (nSPS) is 12.0. The molecule has 5 nitrogen and oxygen atoms in total. The van der Waals surface area contributed by atoms with Crippen LogP contribution in [-0.4, -0.2) is 15.3 Å². The average molecular weight is 391 g/mol. The molecule has 0 heterocycles. The Balaban J connectivity index is 2.23. The maximum Gasteiger partial charge on any atom is 0.121 e. The molecule has 0 aliphatic heterocycles. The molecule has 0 amide bonds. The second-order valence-electron chi connectivity index (χ2n) is 8.29. The lowest BCUT2D eigenvalue weighted by molar-refractivity contribution is 0.452. The van der Waals surface area contributed by atoms with E-state index < -0.39 is 10.8 Å². The van der Waals surface area contributed by atoms with Crippen molar-refractivity contribution >= 4 is 5.69 Å². The molecule has 3 N–H and O–H groups in total.